The Labute approximate surface area is 192 Å². The lowest BCUT2D eigenvalue weighted by molar-refractivity contribution is -0.137. The van der Waals surface area contributed by atoms with Gasteiger partial charge in [0.1, 0.15) is 17.1 Å². The summed E-state index contributed by atoms with van der Waals surface area (Å²) >= 11 is 0. The number of halogens is 4. The molecule has 6 nitrogen and oxygen atoms in total. The molecule has 0 aliphatic heterocycles. The van der Waals surface area contributed by atoms with Gasteiger partial charge in [0.2, 0.25) is 0 Å². The van der Waals surface area contributed by atoms with Crippen LogP contribution in [0.2, 0.25) is 0 Å². The molecule has 34 heavy (non-hydrogen) atoms. The maximum Gasteiger partial charge on any atom is 0.416 e. The Balaban J connectivity index is 1.42. The topological polar surface area (TPSA) is 79.0 Å². The molecule has 4 aromatic rings. The number of aryl methyl sites for hydroxylation is 1. The number of aromatic nitrogens is 2. The first-order valence-electron chi connectivity index (χ1n) is 10.4. The number of H-pyrrole nitrogens is 1. The van der Waals surface area contributed by atoms with E-state index < -0.39 is 24.4 Å². The molecule has 2 heterocycles. The van der Waals surface area contributed by atoms with Crippen molar-refractivity contribution in [3.8, 4) is 11.5 Å². The minimum Gasteiger partial charge on any atom is -0.457 e. The van der Waals surface area contributed by atoms with Crippen molar-refractivity contribution >= 4 is 28.4 Å². The Morgan fingerprint density at radius 1 is 1.00 bits per heavy atom. The van der Waals surface area contributed by atoms with Crippen LogP contribution in [0.5, 0.6) is 11.5 Å². The number of amides is 2. The van der Waals surface area contributed by atoms with Crippen molar-refractivity contribution in [1.29, 1.82) is 0 Å². The number of hydrogen-bond donors (Lipinski definition) is 3. The second-order valence-corrected chi connectivity index (χ2v) is 7.46. The zero-order valence-corrected chi connectivity index (χ0v) is 17.7. The number of carbonyl (C=O) groups excluding carboxylic acids is 1. The first kappa shape index (κ1) is 23.1. The molecule has 0 unspecified atom stereocenters. The van der Waals surface area contributed by atoms with Crippen LogP contribution >= 0.6 is 0 Å². The number of ether oxygens (including phenoxy) is 1. The second-order valence-electron chi connectivity index (χ2n) is 7.46. The molecule has 3 N–H and O–H groups in total. The number of pyridine rings is 1. The average molecular weight is 472 g/mol. The van der Waals surface area contributed by atoms with Crippen LogP contribution in [-0.4, -0.2) is 22.7 Å². The normalized spacial score (nSPS) is 11.4. The summed E-state index contributed by atoms with van der Waals surface area (Å²) < 4.78 is 57.9. The summed E-state index contributed by atoms with van der Waals surface area (Å²) in [6.07, 6.45) is -0.994. The van der Waals surface area contributed by atoms with E-state index in [0.29, 0.717) is 22.8 Å². The molecule has 0 saturated heterocycles. The molecule has 2 amide bonds. The summed E-state index contributed by atoms with van der Waals surface area (Å²) in [7, 11) is 0. The molecule has 2 aromatic carbocycles. The SMILES string of the molecule is O=C(Nc1ccc(Oc2ccnc3[nH]ccc23)cc1)Nc1cc(CCCF)cc(C(F)(F)F)c1. The summed E-state index contributed by atoms with van der Waals surface area (Å²) in [5.41, 5.74) is 0.450. The maximum atomic E-state index is 13.2. The van der Waals surface area contributed by atoms with Crippen molar-refractivity contribution in [3.63, 3.8) is 0 Å². The molecule has 0 bridgehead atoms. The molecule has 0 aliphatic rings. The Hall–Kier alpha value is -4.08. The molecule has 0 fully saturated rings. The van der Waals surface area contributed by atoms with Gasteiger partial charge in [-0.3, -0.25) is 4.39 Å². The van der Waals surface area contributed by atoms with E-state index in [1.807, 2.05) is 6.07 Å². The summed E-state index contributed by atoms with van der Waals surface area (Å²) in [5, 5.41) is 5.79. The third-order valence-electron chi connectivity index (χ3n) is 4.94. The summed E-state index contributed by atoms with van der Waals surface area (Å²) in [4.78, 5) is 19.5. The van der Waals surface area contributed by atoms with E-state index in [1.165, 1.54) is 6.07 Å². The summed E-state index contributed by atoms with van der Waals surface area (Å²) in [6.45, 7) is -0.642. The van der Waals surface area contributed by atoms with E-state index in [1.54, 1.807) is 42.7 Å². The number of fused-ring (bicyclic) bond motifs is 1. The minimum absolute atomic E-state index is 0.0330. The van der Waals surface area contributed by atoms with Gasteiger partial charge in [0.15, 0.2) is 0 Å². The van der Waals surface area contributed by atoms with Gasteiger partial charge in [-0.05, 0) is 73.0 Å². The monoisotopic (exact) mass is 472 g/mol. The van der Waals surface area contributed by atoms with Gasteiger partial charge in [-0.15, -0.1) is 0 Å². The quantitative estimate of drug-likeness (QED) is 0.256. The van der Waals surface area contributed by atoms with Gasteiger partial charge in [-0.1, -0.05) is 0 Å². The Morgan fingerprint density at radius 3 is 2.50 bits per heavy atom. The third-order valence-corrected chi connectivity index (χ3v) is 4.94. The standard InChI is InChI=1S/C24H20F4N4O2/c25-9-1-2-15-12-16(24(26,27)28)14-18(13-15)32-23(33)31-17-3-5-19(6-4-17)34-21-8-11-30-22-20(21)7-10-29-22/h3-8,10-14H,1-2,9H2,(H,29,30)(H2,31,32,33). The zero-order valence-electron chi connectivity index (χ0n) is 17.7. The van der Waals surface area contributed by atoms with Crippen molar-refractivity contribution in [2.24, 2.45) is 0 Å². The van der Waals surface area contributed by atoms with E-state index in [2.05, 4.69) is 20.6 Å². The van der Waals surface area contributed by atoms with Crippen LogP contribution in [0, 0.1) is 0 Å². The molecular weight excluding hydrogens is 452 g/mol. The molecule has 176 valence electrons. The van der Waals surface area contributed by atoms with E-state index in [4.69, 9.17) is 4.74 Å². The summed E-state index contributed by atoms with van der Waals surface area (Å²) in [5.74, 6) is 1.13. The maximum absolute atomic E-state index is 13.2. The van der Waals surface area contributed by atoms with Crippen LogP contribution in [0.25, 0.3) is 11.0 Å². The van der Waals surface area contributed by atoms with Gasteiger partial charge < -0.3 is 20.4 Å². The van der Waals surface area contributed by atoms with Crippen molar-refractivity contribution < 1.29 is 27.1 Å². The fraction of sp³-hybridized carbons (Fsp3) is 0.167. The van der Waals surface area contributed by atoms with E-state index in [9.17, 15) is 22.4 Å². The predicted octanol–water partition coefficient (Wildman–Crippen LogP) is 6.92. The fourth-order valence-corrected chi connectivity index (χ4v) is 3.39. The number of benzene rings is 2. The first-order chi connectivity index (χ1) is 16.3. The van der Waals surface area contributed by atoms with Gasteiger partial charge in [0.25, 0.3) is 0 Å². The summed E-state index contributed by atoms with van der Waals surface area (Å²) in [6, 6.07) is 12.5. The Kier molecular flexibility index (Phi) is 6.67. The largest absolute Gasteiger partial charge is 0.457 e. The van der Waals surface area contributed by atoms with Gasteiger partial charge in [-0.25, -0.2) is 9.78 Å². The van der Waals surface area contributed by atoms with Crippen molar-refractivity contribution in [3.05, 3.63) is 78.1 Å². The lowest BCUT2D eigenvalue weighted by atomic mass is 10.0. The van der Waals surface area contributed by atoms with Gasteiger partial charge in [0, 0.05) is 23.8 Å². The Bertz CT molecular complexity index is 1290. The molecule has 0 aliphatic carbocycles. The highest BCUT2D eigenvalue weighted by atomic mass is 19.4. The van der Waals surface area contributed by atoms with E-state index in [0.717, 1.165) is 17.5 Å². The van der Waals surface area contributed by atoms with Gasteiger partial charge in [-0.2, -0.15) is 13.2 Å². The highest BCUT2D eigenvalue weighted by Crippen LogP contribution is 2.33. The fourth-order valence-electron chi connectivity index (χ4n) is 3.39. The number of aromatic amines is 1. The van der Waals surface area contributed by atoms with E-state index >= 15 is 0 Å². The van der Waals surface area contributed by atoms with Crippen molar-refractivity contribution in [2.75, 3.05) is 17.3 Å². The number of nitrogens with zero attached hydrogens (tertiary/aromatic N) is 1. The number of carbonyl (C=O) groups is 1. The highest BCUT2D eigenvalue weighted by molar-refractivity contribution is 5.99. The Morgan fingerprint density at radius 2 is 1.76 bits per heavy atom. The van der Waals surface area contributed by atoms with Crippen LogP contribution in [0.15, 0.2) is 67.0 Å². The molecular formula is C24H20F4N4O2. The molecule has 0 atom stereocenters. The zero-order chi connectivity index (χ0) is 24.1. The second kappa shape index (κ2) is 9.82. The smallest absolute Gasteiger partial charge is 0.416 e. The molecule has 0 spiro atoms. The van der Waals surface area contributed by atoms with Crippen LogP contribution < -0.4 is 15.4 Å². The lowest BCUT2D eigenvalue weighted by Gasteiger charge is -2.14. The number of hydrogen-bond acceptors (Lipinski definition) is 3. The molecule has 2 aromatic heterocycles. The molecule has 10 heteroatoms. The molecule has 0 radical (unpaired) electrons. The van der Waals surface area contributed by atoms with Crippen LogP contribution in [0.1, 0.15) is 17.5 Å². The number of urea groups is 1. The van der Waals surface area contributed by atoms with Crippen molar-refractivity contribution in [2.45, 2.75) is 19.0 Å². The predicted molar refractivity (Wildman–Crippen MR) is 121 cm³/mol. The number of nitrogens with one attached hydrogen (secondary N) is 3. The number of rotatable bonds is 7. The third kappa shape index (κ3) is 5.64. The van der Waals surface area contributed by atoms with Crippen molar-refractivity contribution in [1.82, 2.24) is 9.97 Å². The van der Waals surface area contributed by atoms with E-state index in [-0.39, 0.29) is 24.1 Å². The van der Waals surface area contributed by atoms with Crippen LogP contribution in [0.4, 0.5) is 33.7 Å². The minimum atomic E-state index is -4.59. The number of anilines is 2. The highest BCUT2D eigenvalue weighted by Gasteiger charge is 2.31. The lowest BCUT2D eigenvalue weighted by Crippen LogP contribution is -2.20. The molecule has 0 saturated carbocycles. The van der Waals surface area contributed by atoms with Gasteiger partial charge >= 0.3 is 12.2 Å². The first-order valence-corrected chi connectivity index (χ1v) is 10.4. The van der Waals surface area contributed by atoms with Gasteiger partial charge in [0.05, 0.1) is 17.6 Å². The molecule has 4 rings (SSSR count). The number of alkyl halides is 4. The van der Waals surface area contributed by atoms with Crippen LogP contribution in [-0.2, 0) is 12.6 Å². The average Bonchev–Trinajstić information content (AvgIpc) is 3.28. The van der Waals surface area contributed by atoms with Crippen LogP contribution in [0.3, 0.4) is 0 Å².